The molecule has 1 N–H and O–H groups in total. The molecular weight excluding hydrogens is 252 g/mol. The average molecular weight is 276 g/mol. The molecule has 1 aromatic heterocycles. The van der Waals surface area contributed by atoms with Gasteiger partial charge in [0.1, 0.15) is 12.4 Å². The van der Waals surface area contributed by atoms with Crippen LogP contribution in [0.2, 0.25) is 0 Å². The Balaban J connectivity index is 1.58. The molecule has 1 unspecified atom stereocenters. The van der Waals surface area contributed by atoms with Gasteiger partial charge in [-0.1, -0.05) is 0 Å². The van der Waals surface area contributed by atoms with Crippen LogP contribution in [-0.2, 0) is 11.3 Å². The minimum Gasteiger partial charge on any atom is -0.490 e. The lowest BCUT2D eigenvalue weighted by Crippen LogP contribution is -2.26. The Kier molecular flexibility index (Phi) is 4.53. The maximum atomic E-state index is 6.01. The van der Waals surface area contributed by atoms with Gasteiger partial charge in [-0.15, -0.1) is 0 Å². The van der Waals surface area contributed by atoms with Gasteiger partial charge in [-0.2, -0.15) is 0 Å². The van der Waals surface area contributed by atoms with E-state index >= 15 is 0 Å². The quantitative estimate of drug-likeness (QED) is 0.867. The average Bonchev–Trinajstić information content (AvgIpc) is 3.29. The third-order valence-electron chi connectivity index (χ3n) is 3.94. The number of rotatable bonds is 6. The Morgan fingerprint density at radius 2 is 2.25 bits per heavy atom. The maximum absolute atomic E-state index is 6.01. The molecule has 1 aliphatic heterocycles. The van der Waals surface area contributed by atoms with Gasteiger partial charge in [-0.05, 0) is 39.0 Å². The fraction of sp³-hybridized carbons (Fsp3) is 0.688. The highest BCUT2D eigenvalue weighted by atomic mass is 16.5. The van der Waals surface area contributed by atoms with E-state index in [0.29, 0.717) is 12.6 Å². The molecule has 1 aromatic rings. The van der Waals surface area contributed by atoms with Crippen LogP contribution >= 0.6 is 0 Å². The van der Waals surface area contributed by atoms with Crippen LogP contribution in [0.15, 0.2) is 12.3 Å². The van der Waals surface area contributed by atoms with E-state index in [2.05, 4.69) is 10.3 Å². The van der Waals surface area contributed by atoms with E-state index < -0.39 is 0 Å². The van der Waals surface area contributed by atoms with Crippen molar-refractivity contribution in [1.82, 2.24) is 10.3 Å². The second-order valence-corrected chi connectivity index (χ2v) is 5.89. The number of nitrogens with zero attached hydrogens (tertiary/aromatic N) is 1. The zero-order valence-electron chi connectivity index (χ0n) is 12.2. The number of aromatic nitrogens is 1. The molecule has 4 nitrogen and oxygen atoms in total. The van der Waals surface area contributed by atoms with Gasteiger partial charge in [0, 0.05) is 42.7 Å². The highest BCUT2D eigenvalue weighted by molar-refractivity contribution is 5.33. The minimum atomic E-state index is 0.251. The monoisotopic (exact) mass is 276 g/mol. The highest BCUT2D eigenvalue weighted by Crippen LogP contribution is 2.23. The zero-order chi connectivity index (χ0) is 13.8. The Hall–Kier alpha value is -1.13. The molecule has 1 atom stereocenters. The largest absolute Gasteiger partial charge is 0.490 e. The predicted octanol–water partition coefficient (Wildman–Crippen LogP) is 2.59. The molecule has 2 fully saturated rings. The van der Waals surface area contributed by atoms with Gasteiger partial charge in [-0.3, -0.25) is 4.98 Å². The first-order valence-corrected chi connectivity index (χ1v) is 7.74. The smallest absolute Gasteiger partial charge is 0.127 e. The van der Waals surface area contributed by atoms with E-state index in [-0.39, 0.29) is 6.10 Å². The summed E-state index contributed by atoms with van der Waals surface area (Å²) in [7, 11) is 0. The van der Waals surface area contributed by atoms with Gasteiger partial charge in [0.05, 0.1) is 6.10 Å². The molecule has 110 valence electrons. The molecule has 0 spiro atoms. The normalized spacial score (nSPS) is 22.8. The van der Waals surface area contributed by atoms with Gasteiger partial charge in [0.15, 0.2) is 0 Å². The summed E-state index contributed by atoms with van der Waals surface area (Å²) >= 11 is 0. The van der Waals surface area contributed by atoms with Crippen LogP contribution < -0.4 is 10.1 Å². The van der Waals surface area contributed by atoms with E-state index in [1.807, 2.05) is 19.2 Å². The lowest BCUT2D eigenvalue weighted by molar-refractivity contribution is -0.0112. The van der Waals surface area contributed by atoms with Crippen molar-refractivity contribution >= 4 is 0 Å². The highest BCUT2D eigenvalue weighted by Gasteiger charge is 2.21. The molecule has 1 saturated heterocycles. The molecule has 0 amide bonds. The molecule has 20 heavy (non-hydrogen) atoms. The fourth-order valence-corrected chi connectivity index (χ4v) is 2.49. The first-order chi connectivity index (χ1) is 9.81. The Labute approximate surface area is 120 Å². The van der Waals surface area contributed by atoms with E-state index in [4.69, 9.17) is 9.47 Å². The maximum Gasteiger partial charge on any atom is 0.127 e. The van der Waals surface area contributed by atoms with Crippen LogP contribution in [-0.4, -0.2) is 30.3 Å². The van der Waals surface area contributed by atoms with Gasteiger partial charge in [-0.25, -0.2) is 0 Å². The Bertz CT molecular complexity index is 440. The van der Waals surface area contributed by atoms with Crippen LogP contribution in [0.1, 0.15) is 43.4 Å². The number of ether oxygens (including phenoxy) is 2. The third-order valence-corrected chi connectivity index (χ3v) is 3.94. The number of aryl methyl sites for hydroxylation is 1. The second-order valence-electron chi connectivity index (χ2n) is 5.89. The molecule has 1 aliphatic carbocycles. The van der Waals surface area contributed by atoms with Crippen LogP contribution in [0.4, 0.5) is 0 Å². The number of nitrogens with one attached hydrogen (secondary N) is 1. The van der Waals surface area contributed by atoms with Gasteiger partial charge < -0.3 is 14.8 Å². The Morgan fingerprint density at radius 3 is 3.00 bits per heavy atom. The summed E-state index contributed by atoms with van der Waals surface area (Å²) in [5, 5.41) is 3.52. The van der Waals surface area contributed by atoms with Crippen molar-refractivity contribution in [3.05, 3.63) is 23.5 Å². The summed E-state index contributed by atoms with van der Waals surface area (Å²) in [5.74, 6) is 0.958. The van der Waals surface area contributed by atoms with Gasteiger partial charge >= 0.3 is 0 Å². The topological polar surface area (TPSA) is 43.4 Å². The first kappa shape index (κ1) is 13.8. The van der Waals surface area contributed by atoms with E-state index in [1.165, 1.54) is 25.7 Å². The summed E-state index contributed by atoms with van der Waals surface area (Å²) in [4.78, 5) is 4.38. The molecule has 0 bridgehead atoms. The molecule has 2 heterocycles. The summed E-state index contributed by atoms with van der Waals surface area (Å²) < 4.78 is 11.7. The SMILES string of the molecule is Cc1cc(OCC2CCCCO2)c(CNC2CC2)cn1. The molecule has 0 radical (unpaired) electrons. The van der Waals surface area contributed by atoms with Crippen molar-refractivity contribution in [3.63, 3.8) is 0 Å². The second kappa shape index (κ2) is 6.55. The third kappa shape index (κ3) is 3.93. The van der Waals surface area contributed by atoms with E-state index in [9.17, 15) is 0 Å². The molecule has 1 saturated carbocycles. The number of hydrogen-bond donors (Lipinski definition) is 1. The number of pyridine rings is 1. The van der Waals surface area contributed by atoms with Crippen LogP contribution in [0.3, 0.4) is 0 Å². The van der Waals surface area contributed by atoms with Crippen molar-refractivity contribution in [3.8, 4) is 5.75 Å². The van der Waals surface area contributed by atoms with Crippen LogP contribution in [0, 0.1) is 6.92 Å². The van der Waals surface area contributed by atoms with Gasteiger partial charge in [0.2, 0.25) is 0 Å². The van der Waals surface area contributed by atoms with E-state index in [1.54, 1.807) is 0 Å². The minimum absolute atomic E-state index is 0.251. The van der Waals surface area contributed by atoms with E-state index in [0.717, 1.165) is 36.6 Å². The van der Waals surface area contributed by atoms with Crippen molar-refractivity contribution in [2.45, 2.75) is 57.7 Å². The molecule has 0 aromatic carbocycles. The van der Waals surface area contributed by atoms with Crippen LogP contribution in [0.25, 0.3) is 0 Å². The summed E-state index contributed by atoms with van der Waals surface area (Å²) in [6.45, 7) is 4.38. The Morgan fingerprint density at radius 1 is 1.35 bits per heavy atom. The fourth-order valence-electron chi connectivity index (χ4n) is 2.49. The van der Waals surface area contributed by atoms with Crippen molar-refractivity contribution in [2.24, 2.45) is 0 Å². The lowest BCUT2D eigenvalue weighted by Gasteiger charge is -2.23. The molecular formula is C16H24N2O2. The summed E-state index contributed by atoms with van der Waals surface area (Å²) in [5.41, 5.74) is 2.15. The zero-order valence-corrected chi connectivity index (χ0v) is 12.2. The van der Waals surface area contributed by atoms with Gasteiger partial charge in [0.25, 0.3) is 0 Å². The lowest BCUT2D eigenvalue weighted by atomic mass is 10.1. The standard InChI is InChI=1S/C16H24N2O2/c1-12-8-16(20-11-15-4-2-3-7-19-15)13(9-17-12)10-18-14-5-6-14/h8-9,14-15,18H,2-7,10-11H2,1H3. The molecule has 3 rings (SSSR count). The number of hydrogen-bond acceptors (Lipinski definition) is 4. The predicted molar refractivity (Wildman–Crippen MR) is 77.9 cm³/mol. The summed E-state index contributed by atoms with van der Waals surface area (Å²) in [6, 6.07) is 2.73. The first-order valence-electron chi connectivity index (χ1n) is 7.74. The molecule has 2 aliphatic rings. The van der Waals surface area contributed by atoms with Crippen molar-refractivity contribution < 1.29 is 9.47 Å². The van der Waals surface area contributed by atoms with Crippen molar-refractivity contribution in [1.29, 1.82) is 0 Å². The molecule has 4 heteroatoms. The van der Waals surface area contributed by atoms with Crippen LogP contribution in [0.5, 0.6) is 5.75 Å². The van der Waals surface area contributed by atoms with Crippen molar-refractivity contribution in [2.75, 3.05) is 13.2 Å². The summed E-state index contributed by atoms with van der Waals surface area (Å²) in [6.07, 6.45) is 8.32.